The molecule has 6 nitrogen and oxygen atoms in total. The number of rotatable bonds is 4. The van der Waals surface area contributed by atoms with Crippen LogP contribution in [0.4, 0.5) is 4.39 Å². The number of pyridine rings is 1. The lowest BCUT2D eigenvalue weighted by molar-refractivity contribution is 0.418. The van der Waals surface area contributed by atoms with Gasteiger partial charge in [0, 0.05) is 11.8 Å². The molecule has 0 saturated carbocycles. The van der Waals surface area contributed by atoms with E-state index in [0.29, 0.717) is 22.8 Å². The van der Waals surface area contributed by atoms with Crippen LogP contribution in [0.15, 0.2) is 65.6 Å². The highest BCUT2D eigenvalue weighted by molar-refractivity contribution is 5.62. The predicted octanol–water partition coefficient (Wildman–Crippen LogP) is 3.18. The van der Waals surface area contributed by atoms with Crippen LogP contribution in [0.3, 0.4) is 0 Å². The van der Waals surface area contributed by atoms with E-state index in [9.17, 15) is 4.39 Å². The summed E-state index contributed by atoms with van der Waals surface area (Å²) in [4.78, 5) is 8.36. The molecule has 1 aromatic carbocycles. The average Bonchev–Trinajstić information content (AvgIpc) is 3.27. The van der Waals surface area contributed by atoms with E-state index >= 15 is 0 Å². The number of aromatic nitrogens is 5. The van der Waals surface area contributed by atoms with E-state index < -0.39 is 0 Å². The van der Waals surface area contributed by atoms with E-state index in [0.717, 1.165) is 5.69 Å². The maximum absolute atomic E-state index is 14.0. The predicted molar refractivity (Wildman–Crippen MR) is 84.3 cm³/mol. The topological polar surface area (TPSA) is 69.6 Å². The van der Waals surface area contributed by atoms with Gasteiger partial charge in [0.25, 0.3) is 0 Å². The molecule has 0 radical (unpaired) electrons. The molecule has 0 aliphatic rings. The van der Waals surface area contributed by atoms with Gasteiger partial charge in [-0.25, -0.2) is 4.39 Å². The van der Waals surface area contributed by atoms with Gasteiger partial charge in [0.2, 0.25) is 12.2 Å². The van der Waals surface area contributed by atoms with Crippen molar-refractivity contribution in [1.29, 1.82) is 0 Å². The molecule has 3 heterocycles. The zero-order chi connectivity index (χ0) is 16.4. The summed E-state index contributed by atoms with van der Waals surface area (Å²) in [5, 5.41) is 8.40. The van der Waals surface area contributed by atoms with Crippen molar-refractivity contribution in [1.82, 2.24) is 24.9 Å². The van der Waals surface area contributed by atoms with Crippen LogP contribution >= 0.6 is 0 Å². The smallest absolute Gasteiger partial charge is 0.220 e. The fraction of sp³-hybridized carbons (Fsp3) is 0.0588. The Morgan fingerprint density at radius 1 is 1.00 bits per heavy atom. The van der Waals surface area contributed by atoms with Crippen LogP contribution in [-0.2, 0) is 6.54 Å². The molecule has 0 N–H and O–H groups in total. The summed E-state index contributed by atoms with van der Waals surface area (Å²) in [6.45, 7) is 0.253. The Morgan fingerprint density at radius 3 is 2.62 bits per heavy atom. The Labute approximate surface area is 136 Å². The lowest BCUT2D eigenvalue weighted by atomic mass is 10.2. The summed E-state index contributed by atoms with van der Waals surface area (Å²) in [6, 6.07) is 14.0. The van der Waals surface area contributed by atoms with Crippen LogP contribution in [0.25, 0.3) is 22.9 Å². The van der Waals surface area contributed by atoms with Crippen molar-refractivity contribution in [2.24, 2.45) is 0 Å². The Morgan fingerprint density at radius 2 is 1.88 bits per heavy atom. The number of hydrogen-bond acceptors (Lipinski definition) is 5. The van der Waals surface area contributed by atoms with Gasteiger partial charge in [0.1, 0.15) is 17.2 Å². The van der Waals surface area contributed by atoms with Crippen molar-refractivity contribution in [2.75, 3.05) is 0 Å². The van der Waals surface area contributed by atoms with Crippen LogP contribution in [0, 0.1) is 5.82 Å². The Balaban J connectivity index is 1.80. The number of hydrogen-bond donors (Lipinski definition) is 0. The van der Waals surface area contributed by atoms with Gasteiger partial charge in [0.15, 0.2) is 0 Å². The molecule has 7 heteroatoms. The number of benzene rings is 1. The summed E-state index contributed by atoms with van der Waals surface area (Å²) in [6.07, 6.45) is 2.94. The fourth-order valence-corrected chi connectivity index (χ4v) is 2.43. The second kappa shape index (κ2) is 6.04. The quantitative estimate of drug-likeness (QED) is 0.577. The molecule has 0 aliphatic heterocycles. The lowest BCUT2D eigenvalue weighted by Gasteiger charge is -2.06. The Kier molecular flexibility index (Phi) is 3.59. The van der Waals surface area contributed by atoms with Gasteiger partial charge in [-0.15, -0.1) is 0 Å². The molecule has 4 aromatic rings. The molecule has 4 rings (SSSR count). The van der Waals surface area contributed by atoms with Crippen LogP contribution in [-0.4, -0.2) is 24.9 Å². The van der Waals surface area contributed by atoms with E-state index in [1.165, 1.54) is 12.5 Å². The van der Waals surface area contributed by atoms with Crippen LogP contribution < -0.4 is 0 Å². The molecular formula is C17H12FN5O. The van der Waals surface area contributed by atoms with Gasteiger partial charge in [-0.05, 0) is 24.3 Å². The van der Waals surface area contributed by atoms with Crippen molar-refractivity contribution in [3.63, 3.8) is 0 Å². The second-order valence-corrected chi connectivity index (χ2v) is 5.13. The second-order valence-electron chi connectivity index (χ2n) is 5.13. The fourth-order valence-electron chi connectivity index (χ4n) is 2.43. The van der Waals surface area contributed by atoms with E-state index in [4.69, 9.17) is 4.52 Å². The Bertz CT molecular complexity index is 950. The molecule has 0 bridgehead atoms. The summed E-state index contributed by atoms with van der Waals surface area (Å²) >= 11 is 0. The highest BCUT2D eigenvalue weighted by atomic mass is 19.1. The largest absolute Gasteiger partial charge is 0.342 e. The number of halogens is 1. The molecule has 0 aliphatic carbocycles. The van der Waals surface area contributed by atoms with Crippen molar-refractivity contribution in [3.05, 3.63) is 72.5 Å². The van der Waals surface area contributed by atoms with E-state index in [-0.39, 0.29) is 12.4 Å². The lowest BCUT2D eigenvalue weighted by Crippen LogP contribution is -2.06. The first-order valence-corrected chi connectivity index (χ1v) is 7.30. The van der Waals surface area contributed by atoms with Crippen molar-refractivity contribution < 1.29 is 8.91 Å². The Hall–Kier alpha value is -3.35. The van der Waals surface area contributed by atoms with Gasteiger partial charge in [-0.1, -0.05) is 29.4 Å². The van der Waals surface area contributed by atoms with Crippen LogP contribution in [0.1, 0.15) is 5.56 Å². The molecule has 0 saturated heterocycles. The molecule has 0 spiro atoms. The van der Waals surface area contributed by atoms with Gasteiger partial charge >= 0.3 is 0 Å². The van der Waals surface area contributed by atoms with Crippen molar-refractivity contribution in [3.8, 4) is 22.9 Å². The van der Waals surface area contributed by atoms with Crippen LogP contribution in [0.5, 0.6) is 0 Å². The van der Waals surface area contributed by atoms with Crippen LogP contribution in [0.2, 0.25) is 0 Å². The highest BCUT2D eigenvalue weighted by Gasteiger charge is 2.16. The summed E-state index contributed by atoms with van der Waals surface area (Å²) in [5.41, 5.74) is 2.53. The molecule has 3 aromatic heterocycles. The van der Waals surface area contributed by atoms with Gasteiger partial charge in [-0.2, -0.15) is 10.1 Å². The van der Waals surface area contributed by atoms with Crippen molar-refractivity contribution in [2.45, 2.75) is 6.54 Å². The van der Waals surface area contributed by atoms with Gasteiger partial charge < -0.3 is 4.52 Å². The zero-order valence-electron chi connectivity index (χ0n) is 12.5. The third kappa shape index (κ3) is 2.67. The van der Waals surface area contributed by atoms with E-state index in [1.54, 1.807) is 29.1 Å². The standard InChI is InChI=1S/C17H12FN5O/c18-13-6-2-1-5-12(13)10-23-16(17-20-11-24-22-17)9-15(21-23)14-7-3-4-8-19-14/h1-9,11H,10H2. The molecule has 0 atom stereocenters. The average molecular weight is 321 g/mol. The number of nitrogens with zero attached hydrogens (tertiary/aromatic N) is 5. The highest BCUT2D eigenvalue weighted by Crippen LogP contribution is 2.24. The normalized spacial score (nSPS) is 10.9. The summed E-state index contributed by atoms with van der Waals surface area (Å²) in [5.74, 6) is 0.104. The maximum atomic E-state index is 14.0. The SMILES string of the molecule is Fc1ccccc1Cn1nc(-c2ccccn2)cc1-c1ncon1. The van der Waals surface area contributed by atoms with E-state index in [2.05, 4.69) is 20.2 Å². The molecule has 0 amide bonds. The zero-order valence-corrected chi connectivity index (χ0v) is 12.5. The van der Waals surface area contributed by atoms with E-state index in [1.807, 2.05) is 24.3 Å². The monoisotopic (exact) mass is 321 g/mol. The third-order valence-electron chi connectivity index (χ3n) is 3.58. The maximum Gasteiger partial charge on any atom is 0.220 e. The summed E-state index contributed by atoms with van der Waals surface area (Å²) < 4.78 is 20.4. The molecule has 24 heavy (non-hydrogen) atoms. The van der Waals surface area contributed by atoms with Gasteiger partial charge in [-0.3, -0.25) is 9.67 Å². The third-order valence-corrected chi connectivity index (χ3v) is 3.58. The minimum Gasteiger partial charge on any atom is -0.342 e. The molecule has 0 fully saturated rings. The molecular weight excluding hydrogens is 309 g/mol. The first-order valence-electron chi connectivity index (χ1n) is 7.30. The molecule has 118 valence electrons. The minimum absolute atomic E-state index is 0.253. The first kappa shape index (κ1) is 14.3. The van der Waals surface area contributed by atoms with Crippen molar-refractivity contribution >= 4 is 0 Å². The summed E-state index contributed by atoms with van der Waals surface area (Å²) in [7, 11) is 0. The molecule has 0 unspecified atom stereocenters. The first-order chi connectivity index (χ1) is 11.8. The minimum atomic E-state index is -0.286. The van der Waals surface area contributed by atoms with Gasteiger partial charge in [0.05, 0.1) is 12.2 Å².